The second-order valence-corrected chi connectivity index (χ2v) is 5.77. The van der Waals surface area contributed by atoms with E-state index in [1.807, 2.05) is 12.1 Å². The van der Waals surface area contributed by atoms with Crippen LogP contribution in [0.5, 0.6) is 0 Å². The number of hydrogen-bond donors (Lipinski definition) is 0. The van der Waals surface area contributed by atoms with Crippen LogP contribution in [0.3, 0.4) is 0 Å². The SMILES string of the molecule is CCOC(=O)/C=C/c1cc(Br)c(/C=C/C(=O)OCC)cc1Br. The molecule has 0 fully saturated rings. The second kappa shape index (κ2) is 9.58. The normalized spacial score (nSPS) is 11.1. The van der Waals surface area contributed by atoms with Crippen LogP contribution < -0.4 is 0 Å². The van der Waals surface area contributed by atoms with Crippen LogP contribution in [0.4, 0.5) is 0 Å². The molecule has 0 saturated heterocycles. The fourth-order valence-corrected chi connectivity index (χ4v) is 2.52. The van der Waals surface area contributed by atoms with E-state index in [0.717, 1.165) is 20.1 Å². The van der Waals surface area contributed by atoms with Crippen LogP contribution in [0.1, 0.15) is 25.0 Å². The fraction of sp³-hybridized carbons (Fsp3) is 0.250. The number of rotatable bonds is 6. The van der Waals surface area contributed by atoms with Crippen molar-refractivity contribution in [3.8, 4) is 0 Å². The van der Waals surface area contributed by atoms with E-state index in [1.165, 1.54) is 12.2 Å². The van der Waals surface area contributed by atoms with Gasteiger partial charge in [-0.05, 0) is 49.3 Å². The molecule has 0 N–H and O–H groups in total. The third kappa shape index (κ3) is 6.15. The van der Waals surface area contributed by atoms with Gasteiger partial charge in [0.25, 0.3) is 0 Å². The van der Waals surface area contributed by atoms with Crippen molar-refractivity contribution in [3.05, 3.63) is 44.4 Å². The maximum atomic E-state index is 11.3. The summed E-state index contributed by atoms with van der Waals surface area (Å²) in [6.45, 7) is 4.18. The summed E-state index contributed by atoms with van der Waals surface area (Å²) in [5.74, 6) is -0.784. The first-order chi connectivity index (χ1) is 10.5. The molecule has 0 heterocycles. The molecule has 1 rings (SSSR count). The van der Waals surface area contributed by atoms with Crippen molar-refractivity contribution < 1.29 is 19.1 Å². The number of hydrogen-bond acceptors (Lipinski definition) is 4. The van der Waals surface area contributed by atoms with Crippen molar-refractivity contribution in [2.45, 2.75) is 13.8 Å². The molecule has 118 valence electrons. The first-order valence-electron chi connectivity index (χ1n) is 6.66. The van der Waals surface area contributed by atoms with Crippen LogP contribution in [0, 0.1) is 0 Å². The Hall–Kier alpha value is -1.40. The van der Waals surface area contributed by atoms with Crippen LogP contribution >= 0.6 is 31.9 Å². The zero-order chi connectivity index (χ0) is 16.5. The second-order valence-electron chi connectivity index (χ2n) is 4.07. The molecule has 0 radical (unpaired) electrons. The number of ether oxygens (including phenoxy) is 2. The molecular weight excluding hydrogens is 416 g/mol. The van der Waals surface area contributed by atoms with E-state index in [2.05, 4.69) is 31.9 Å². The van der Waals surface area contributed by atoms with E-state index in [9.17, 15) is 9.59 Å². The smallest absolute Gasteiger partial charge is 0.330 e. The number of benzene rings is 1. The highest BCUT2D eigenvalue weighted by Gasteiger charge is 2.05. The van der Waals surface area contributed by atoms with Gasteiger partial charge in [-0.2, -0.15) is 0 Å². The van der Waals surface area contributed by atoms with Gasteiger partial charge < -0.3 is 9.47 Å². The molecule has 1 aromatic carbocycles. The molecular formula is C16H16Br2O4. The van der Waals surface area contributed by atoms with Crippen molar-refractivity contribution in [3.63, 3.8) is 0 Å². The van der Waals surface area contributed by atoms with Crippen LogP contribution in [0.15, 0.2) is 33.2 Å². The average molecular weight is 432 g/mol. The van der Waals surface area contributed by atoms with Gasteiger partial charge in [0.05, 0.1) is 13.2 Å². The topological polar surface area (TPSA) is 52.6 Å². The molecule has 1 aromatic rings. The molecule has 0 aliphatic heterocycles. The summed E-state index contributed by atoms with van der Waals surface area (Å²) in [4.78, 5) is 22.6. The maximum Gasteiger partial charge on any atom is 0.330 e. The molecule has 0 bridgehead atoms. The molecule has 0 spiro atoms. The lowest BCUT2D eigenvalue weighted by Crippen LogP contribution is -1.99. The molecule has 0 aliphatic carbocycles. The van der Waals surface area contributed by atoms with Gasteiger partial charge in [-0.3, -0.25) is 0 Å². The molecule has 6 heteroatoms. The van der Waals surface area contributed by atoms with Gasteiger partial charge in [0.1, 0.15) is 0 Å². The third-order valence-electron chi connectivity index (χ3n) is 2.49. The monoisotopic (exact) mass is 430 g/mol. The minimum atomic E-state index is -0.392. The summed E-state index contributed by atoms with van der Waals surface area (Å²) < 4.78 is 11.2. The first kappa shape index (κ1) is 18.6. The zero-order valence-corrected chi connectivity index (χ0v) is 15.4. The van der Waals surface area contributed by atoms with Crippen molar-refractivity contribution in [1.82, 2.24) is 0 Å². The Labute approximate surface area is 146 Å². The number of carbonyl (C=O) groups excluding carboxylic acids is 2. The lowest BCUT2D eigenvalue weighted by molar-refractivity contribution is -0.138. The van der Waals surface area contributed by atoms with Gasteiger partial charge in [0.15, 0.2) is 0 Å². The summed E-state index contributed by atoms with van der Waals surface area (Å²) in [5.41, 5.74) is 1.63. The van der Waals surface area contributed by atoms with E-state index in [4.69, 9.17) is 9.47 Å². The Morgan fingerprint density at radius 1 is 0.909 bits per heavy atom. The van der Waals surface area contributed by atoms with Gasteiger partial charge in [-0.25, -0.2) is 9.59 Å². The van der Waals surface area contributed by atoms with Crippen LogP contribution in [0.25, 0.3) is 12.2 Å². The lowest BCUT2D eigenvalue weighted by atomic mass is 10.1. The van der Waals surface area contributed by atoms with E-state index in [-0.39, 0.29) is 0 Å². The summed E-state index contributed by atoms with van der Waals surface area (Å²) in [6, 6.07) is 3.68. The lowest BCUT2D eigenvalue weighted by Gasteiger charge is -2.05. The molecule has 0 atom stereocenters. The Bertz CT molecular complexity index is 553. The first-order valence-corrected chi connectivity index (χ1v) is 8.25. The quantitative estimate of drug-likeness (QED) is 0.495. The molecule has 0 aliphatic rings. The number of esters is 2. The summed E-state index contributed by atoms with van der Waals surface area (Å²) in [5, 5.41) is 0. The average Bonchev–Trinajstić information content (AvgIpc) is 2.47. The Kier molecular flexibility index (Phi) is 8.12. The Morgan fingerprint density at radius 2 is 1.27 bits per heavy atom. The summed E-state index contributed by atoms with van der Waals surface area (Å²) in [7, 11) is 0. The molecule has 4 nitrogen and oxygen atoms in total. The zero-order valence-electron chi connectivity index (χ0n) is 12.3. The molecule has 22 heavy (non-hydrogen) atoms. The molecule has 0 amide bonds. The van der Waals surface area contributed by atoms with Crippen molar-refractivity contribution in [2.75, 3.05) is 13.2 Å². The number of carbonyl (C=O) groups is 2. The van der Waals surface area contributed by atoms with Gasteiger partial charge >= 0.3 is 11.9 Å². The number of halogens is 2. The molecule has 0 unspecified atom stereocenters. The van der Waals surface area contributed by atoms with E-state index in [0.29, 0.717) is 13.2 Å². The van der Waals surface area contributed by atoms with Crippen molar-refractivity contribution in [1.29, 1.82) is 0 Å². The van der Waals surface area contributed by atoms with Gasteiger partial charge in [-0.15, -0.1) is 0 Å². The highest BCUT2D eigenvalue weighted by atomic mass is 79.9. The Balaban J connectivity index is 2.92. The molecule has 0 saturated carbocycles. The van der Waals surface area contributed by atoms with E-state index < -0.39 is 11.9 Å². The summed E-state index contributed by atoms with van der Waals surface area (Å²) in [6.07, 6.45) is 6.05. The third-order valence-corrected chi connectivity index (χ3v) is 3.86. The van der Waals surface area contributed by atoms with E-state index >= 15 is 0 Å². The van der Waals surface area contributed by atoms with Crippen molar-refractivity contribution >= 4 is 56.0 Å². The predicted octanol–water partition coefficient (Wildman–Crippen LogP) is 4.36. The summed E-state index contributed by atoms with van der Waals surface area (Å²) >= 11 is 6.87. The standard InChI is InChI=1S/C16H16Br2O4/c1-3-21-15(19)7-5-11-9-14(18)12(10-13(11)17)6-8-16(20)22-4-2/h5-10H,3-4H2,1-2H3/b7-5+,8-6+. The molecule has 0 aromatic heterocycles. The fourth-order valence-electron chi connectivity index (χ4n) is 1.53. The largest absolute Gasteiger partial charge is 0.463 e. The van der Waals surface area contributed by atoms with Crippen molar-refractivity contribution in [2.24, 2.45) is 0 Å². The van der Waals surface area contributed by atoms with Crippen LogP contribution in [-0.2, 0) is 19.1 Å². The highest BCUT2D eigenvalue weighted by molar-refractivity contribution is 9.11. The minimum Gasteiger partial charge on any atom is -0.463 e. The van der Waals surface area contributed by atoms with Crippen LogP contribution in [0.2, 0.25) is 0 Å². The Morgan fingerprint density at radius 3 is 1.59 bits per heavy atom. The van der Waals surface area contributed by atoms with Gasteiger partial charge in [-0.1, -0.05) is 31.9 Å². The van der Waals surface area contributed by atoms with Crippen LogP contribution in [-0.4, -0.2) is 25.2 Å². The van der Waals surface area contributed by atoms with Gasteiger partial charge in [0, 0.05) is 21.1 Å². The minimum absolute atomic E-state index is 0.339. The van der Waals surface area contributed by atoms with Gasteiger partial charge in [0.2, 0.25) is 0 Å². The van der Waals surface area contributed by atoms with E-state index in [1.54, 1.807) is 26.0 Å². The predicted molar refractivity (Wildman–Crippen MR) is 93.2 cm³/mol. The maximum absolute atomic E-state index is 11.3. The highest BCUT2D eigenvalue weighted by Crippen LogP contribution is 2.28.